The summed E-state index contributed by atoms with van der Waals surface area (Å²) in [5.41, 5.74) is 0.744. The van der Waals surface area contributed by atoms with Crippen LogP contribution in [0.1, 0.15) is 24.3 Å². The lowest BCUT2D eigenvalue weighted by Crippen LogP contribution is -2.44. The minimum absolute atomic E-state index is 0.0122. The van der Waals surface area contributed by atoms with E-state index < -0.39 is 6.36 Å². The summed E-state index contributed by atoms with van der Waals surface area (Å²) in [5, 5.41) is 10.7. The van der Waals surface area contributed by atoms with Crippen LogP contribution in [0.4, 0.5) is 18.0 Å². The molecule has 4 rings (SSSR count). The van der Waals surface area contributed by atoms with E-state index in [0.29, 0.717) is 26.1 Å². The molecular formula is C20H24F3N5O2. The van der Waals surface area contributed by atoms with Gasteiger partial charge in [0.05, 0.1) is 6.54 Å². The minimum Gasteiger partial charge on any atom is -0.406 e. The summed E-state index contributed by atoms with van der Waals surface area (Å²) in [6, 6.07) is 8.04. The van der Waals surface area contributed by atoms with Crippen LogP contribution < -0.4 is 15.4 Å². The first-order chi connectivity index (χ1) is 14.4. The smallest absolute Gasteiger partial charge is 0.406 e. The number of carbonyl (C=O) groups excluding carboxylic acids is 1. The van der Waals surface area contributed by atoms with Crippen molar-refractivity contribution in [3.8, 4) is 5.75 Å². The van der Waals surface area contributed by atoms with Crippen molar-refractivity contribution in [3.05, 3.63) is 48.3 Å². The van der Waals surface area contributed by atoms with Crippen LogP contribution in [0.15, 0.2) is 42.7 Å². The van der Waals surface area contributed by atoms with Gasteiger partial charge >= 0.3 is 12.4 Å². The lowest BCUT2D eigenvalue weighted by molar-refractivity contribution is -0.274. The molecule has 30 heavy (non-hydrogen) atoms. The van der Waals surface area contributed by atoms with Crippen molar-refractivity contribution in [2.45, 2.75) is 43.8 Å². The Morgan fingerprint density at radius 2 is 2.20 bits per heavy atom. The minimum atomic E-state index is -4.72. The average molecular weight is 423 g/mol. The van der Waals surface area contributed by atoms with Gasteiger partial charge in [-0.15, -0.1) is 13.2 Å². The summed E-state index contributed by atoms with van der Waals surface area (Å²) in [7, 11) is 0. The number of benzene rings is 1. The lowest BCUT2D eigenvalue weighted by atomic mass is 9.98. The molecule has 0 radical (unpaired) electrons. The van der Waals surface area contributed by atoms with Gasteiger partial charge in [0.25, 0.3) is 0 Å². The maximum atomic E-state index is 12.7. The van der Waals surface area contributed by atoms with E-state index >= 15 is 0 Å². The Kier molecular flexibility index (Phi) is 5.85. The van der Waals surface area contributed by atoms with Crippen molar-refractivity contribution in [1.82, 2.24) is 25.3 Å². The summed E-state index contributed by atoms with van der Waals surface area (Å²) in [6.45, 7) is 2.49. The van der Waals surface area contributed by atoms with Crippen molar-refractivity contribution in [1.29, 1.82) is 0 Å². The molecule has 1 unspecified atom stereocenters. The first-order valence-corrected chi connectivity index (χ1v) is 9.98. The predicted molar refractivity (Wildman–Crippen MR) is 103 cm³/mol. The number of carbonyl (C=O) groups is 1. The van der Waals surface area contributed by atoms with Gasteiger partial charge in [0.2, 0.25) is 0 Å². The number of hydrogen-bond donors (Lipinski definition) is 2. The van der Waals surface area contributed by atoms with Crippen LogP contribution in [-0.2, 0) is 6.54 Å². The standard InChI is InChI=1S/C20H24F3N5O2/c21-20(22,23)30-18-4-1-3-14(9-18)15-5-8-27(12-15)19(29)26-16-10-17(24-11-16)13-28-7-2-6-25-28/h1-4,6-7,9,15-17,24H,5,8,10-13H2,(H,26,29)/t15?,16-,17+/m1/s1. The summed E-state index contributed by atoms with van der Waals surface area (Å²) < 4.78 is 43.2. The van der Waals surface area contributed by atoms with E-state index in [2.05, 4.69) is 20.5 Å². The van der Waals surface area contributed by atoms with Crippen LogP contribution in [0, 0.1) is 0 Å². The van der Waals surface area contributed by atoms with Crippen molar-refractivity contribution < 1.29 is 22.7 Å². The molecule has 2 aromatic rings. The molecule has 2 fully saturated rings. The first-order valence-electron chi connectivity index (χ1n) is 9.98. The molecule has 3 heterocycles. The fourth-order valence-corrected chi connectivity index (χ4v) is 4.15. The number of likely N-dealkylation sites (tertiary alicyclic amines) is 1. The zero-order valence-electron chi connectivity index (χ0n) is 16.3. The zero-order chi connectivity index (χ0) is 21.1. The van der Waals surface area contributed by atoms with Gasteiger partial charge < -0.3 is 20.3 Å². The van der Waals surface area contributed by atoms with Crippen LogP contribution in [0.3, 0.4) is 0 Å². The van der Waals surface area contributed by atoms with Gasteiger partial charge in [-0.3, -0.25) is 4.68 Å². The maximum Gasteiger partial charge on any atom is 0.573 e. The van der Waals surface area contributed by atoms with Crippen LogP contribution in [-0.4, -0.2) is 58.8 Å². The van der Waals surface area contributed by atoms with Gasteiger partial charge in [-0.25, -0.2) is 4.79 Å². The molecule has 10 heteroatoms. The third-order valence-corrected chi connectivity index (χ3v) is 5.55. The quantitative estimate of drug-likeness (QED) is 0.776. The Balaban J connectivity index is 1.27. The number of nitrogens with one attached hydrogen (secondary N) is 2. The highest BCUT2D eigenvalue weighted by atomic mass is 19.4. The van der Waals surface area contributed by atoms with E-state index in [9.17, 15) is 18.0 Å². The molecule has 1 aromatic heterocycles. The number of alkyl halides is 3. The molecule has 2 aliphatic rings. The molecule has 2 aliphatic heterocycles. The van der Waals surface area contributed by atoms with Crippen LogP contribution in [0.5, 0.6) is 5.75 Å². The molecule has 3 atom stereocenters. The first kappa shape index (κ1) is 20.5. The number of urea groups is 1. The van der Waals surface area contributed by atoms with Crippen LogP contribution >= 0.6 is 0 Å². The van der Waals surface area contributed by atoms with Crippen molar-refractivity contribution in [3.63, 3.8) is 0 Å². The monoisotopic (exact) mass is 423 g/mol. The summed E-state index contributed by atoms with van der Waals surface area (Å²) in [5.74, 6) is -0.245. The molecule has 2 amide bonds. The van der Waals surface area contributed by atoms with E-state index in [0.717, 1.165) is 18.5 Å². The average Bonchev–Trinajstić information content (AvgIpc) is 3.43. The molecular weight excluding hydrogens is 399 g/mol. The van der Waals surface area contributed by atoms with Gasteiger partial charge in [-0.1, -0.05) is 12.1 Å². The maximum absolute atomic E-state index is 12.7. The van der Waals surface area contributed by atoms with Crippen molar-refractivity contribution >= 4 is 6.03 Å². The number of nitrogens with zero attached hydrogens (tertiary/aromatic N) is 3. The van der Waals surface area contributed by atoms with E-state index in [1.807, 2.05) is 16.9 Å². The molecule has 162 valence electrons. The second-order valence-corrected chi connectivity index (χ2v) is 7.77. The fourth-order valence-electron chi connectivity index (χ4n) is 4.15. The number of ether oxygens (including phenoxy) is 1. The highest BCUT2D eigenvalue weighted by molar-refractivity contribution is 5.75. The van der Waals surface area contributed by atoms with Gasteiger partial charge in [0.1, 0.15) is 5.75 Å². The molecule has 2 saturated heterocycles. The summed E-state index contributed by atoms with van der Waals surface area (Å²) >= 11 is 0. The van der Waals surface area contributed by atoms with Gasteiger partial charge in [0.15, 0.2) is 0 Å². The second kappa shape index (κ2) is 8.55. The Bertz CT molecular complexity index is 858. The van der Waals surface area contributed by atoms with Crippen LogP contribution in [0.2, 0.25) is 0 Å². The largest absolute Gasteiger partial charge is 0.573 e. The number of hydrogen-bond acceptors (Lipinski definition) is 4. The van der Waals surface area contributed by atoms with Gasteiger partial charge in [0, 0.05) is 50.0 Å². The van der Waals surface area contributed by atoms with Crippen molar-refractivity contribution in [2.75, 3.05) is 19.6 Å². The molecule has 2 N–H and O–H groups in total. The normalized spacial score (nSPS) is 24.2. The lowest BCUT2D eigenvalue weighted by Gasteiger charge is -2.21. The third-order valence-electron chi connectivity index (χ3n) is 5.55. The topological polar surface area (TPSA) is 71.4 Å². The molecule has 0 aliphatic carbocycles. The number of aromatic nitrogens is 2. The second-order valence-electron chi connectivity index (χ2n) is 7.77. The van der Waals surface area contributed by atoms with Crippen LogP contribution in [0.25, 0.3) is 0 Å². The third kappa shape index (κ3) is 5.24. The molecule has 0 spiro atoms. The Labute approximate surface area is 172 Å². The van der Waals surface area contributed by atoms with Crippen molar-refractivity contribution in [2.24, 2.45) is 0 Å². The Morgan fingerprint density at radius 3 is 2.97 bits per heavy atom. The number of halogens is 3. The van der Waals surface area contributed by atoms with E-state index in [1.165, 1.54) is 12.1 Å². The van der Waals surface area contributed by atoms with Gasteiger partial charge in [-0.2, -0.15) is 5.10 Å². The Hall–Kier alpha value is -2.75. The van der Waals surface area contributed by atoms with E-state index in [1.54, 1.807) is 23.2 Å². The van der Waals surface area contributed by atoms with E-state index in [4.69, 9.17) is 0 Å². The summed E-state index contributed by atoms with van der Waals surface area (Å²) in [4.78, 5) is 14.4. The van der Waals surface area contributed by atoms with Gasteiger partial charge in [-0.05, 0) is 36.6 Å². The highest BCUT2D eigenvalue weighted by Gasteiger charge is 2.33. The molecule has 0 saturated carbocycles. The number of amides is 2. The SMILES string of the molecule is O=C(N[C@H]1CN[C@H](Cn2cccn2)C1)N1CCC(c2cccc(OC(F)(F)F)c2)C1. The zero-order valence-corrected chi connectivity index (χ0v) is 16.3. The highest BCUT2D eigenvalue weighted by Crippen LogP contribution is 2.31. The summed E-state index contributed by atoms with van der Waals surface area (Å²) in [6.07, 6.45) is 0.452. The molecule has 1 aromatic carbocycles. The van der Waals surface area contributed by atoms with E-state index in [-0.39, 0.29) is 29.8 Å². The fraction of sp³-hybridized carbons (Fsp3) is 0.500. The predicted octanol–water partition coefficient (Wildman–Crippen LogP) is 2.71. The molecule has 0 bridgehead atoms. The number of rotatable bonds is 5. The Morgan fingerprint density at radius 1 is 1.33 bits per heavy atom. The molecule has 7 nitrogen and oxygen atoms in total.